The van der Waals surface area contributed by atoms with Crippen molar-refractivity contribution in [2.24, 2.45) is 0 Å². The van der Waals surface area contributed by atoms with Crippen LogP contribution in [0.1, 0.15) is 11.6 Å². The van der Waals surface area contributed by atoms with E-state index in [1.54, 1.807) is 7.11 Å². The first-order valence-corrected chi connectivity index (χ1v) is 7.46. The summed E-state index contributed by atoms with van der Waals surface area (Å²) in [5.41, 5.74) is 2.39. The summed E-state index contributed by atoms with van der Waals surface area (Å²) in [7, 11) is 1.63. The van der Waals surface area contributed by atoms with Gasteiger partial charge >= 0.3 is 0 Å². The number of hydrogen-bond donors (Lipinski definition) is 1. The fourth-order valence-corrected chi connectivity index (χ4v) is 3.59. The third-order valence-corrected chi connectivity index (χ3v) is 4.69. The molecule has 2 nitrogen and oxygen atoms in total. The Hall–Kier alpha value is -1.32. The summed E-state index contributed by atoms with van der Waals surface area (Å²) in [6.45, 7) is 0. The number of nitrogens with one attached hydrogen (secondary N) is 1. The van der Waals surface area contributed by atoms with Crippen LogP contribution in [0.5, 0.6) is 5.75 Å². The highest BCUT2D eigenvalue weighted by Crippen LogP contribution is 2.40. The Morgan fingerprint density at radius 3 is 2.95 bits per heavy atom. The Morgan fingerprint density at radius 2 is 2.11 bits per heavy atom. The largest absolute Gasteiger partial charge is 0.495 e. The van der Waals surface area contributed by atoms with Crippen LogP contribution >= 0.6 is 23.4 Å². The van der Waals surface area contributed by atoms with Gasteiger partial charge in [-0.1, -0.05) is 29.8 Å². The third-order valence-electron chi connectivity index (χ3n) is 3.19. The first kappa shape index (κ1) is 12.7. The van der Waals surface area contributed by atoms with E-state index in [0.29, 0.717) is 16.8 Å². The summed E-state index contributed by atoms with van der Waals surface area (Å²) in [6, 6.07) is 14.6. The Balaban J connectivity index is 1.83. The number of hydrogen-bond acceptors (Lipinski definition) is 3. The molecule has 0 aromatic heterocycles. The second-order valence-corrected chi connectivity index (χ2v) is 5.86. The van der Waals surface area contributed by atoms with E-state index in [2.05, 4.69) is 29.6 Å². The van der Waals surface area contributed by atoms with Crippen molar-refractivity contribution >= 4 is 29.1 Å². The van der Waals surface area contributed by atoms with Crippen molar-refractivity contribution in [2.75, 3.05) is 18.2 Å². The Kier molecular flexibility index (Phi) is 3.58. The van der Waals surface area contributed by atoms with Gasteiger partial charge in [0.2, 0.25) is 0 Å². The molecule has 1 atom stereocenters. The zero-order chi connectivity index (χ0) is 13.2. The van der Waals surface area contributed by atoms with E-state index in [9.17, 15) is 0 Å². The van der Waals surface area contributed by atoms with Crippen molar-refractivity contribution in [3.05, 3.63) is 53.1 Å². The lowest BCUT2D eigenvalue weighted by Crippen LogP contribution is -2.09. The predicted molar refractivity (Wildman–Crippen MR) is 81.5 cm³/mol. The van der Waals surface area contributed by atoms with Crippen molar-refractivity contribution < 1.29 is 4.74 Å². The van der Waals surface area contributed by atoms with E-state index in [4.69, 9.17) is 16.3 Å². The van der Waals surface area contributed by atoms with Crippen LogP contribution in [0, 0.1) is 0 Å². The molecule has 98 valence electrons. The molecule has 0 amide bonds. The minimum absolute atomic E-state index is 0.340. The molecule has 0 bridgehead atoms. The molecular formula is C15H14ClNOS. The molecule has 1 heterocycles. The van der Waals surface area contributed by atoms with E-state index in [-0.39, 0.29) is 0 Å². The maximum Gasteiger partial charge on any atom is 0.139 e. The maximum atomic E-state index is 6.04. The standard InChI is InChI=1S/C15H14ClNOS/c1-18-14-8-10(6-7-12(14)16)17-13-9-19-15-5-3-2-4-11(13)15/h2-8,13,17H,9H2,1H3. The van der Waals surface area contributed by atoms with Gasteiger partial charge in [-0.05, 0) is 23.8 Å². The molecule has 1 unspecified atom stereocenters. The van der Waals surface area contributed by atoms with Gasteiger partial charge in [0.25, 0.3) is 0 Å². The lowest BCUT2D eigenvalue weighted by Gasteiger charge is -2.15. The molecule has 2 aromatic rings. The fourth-order valence-electron chi connectivity index (χ4n) is 2.23. The summed E-state index contributed by atoms with van der Waals surface area (Å²) in [4.78, 5) is 1.36. The second kappa shape index (κ2) is 5.35. The lowest BCUT2D eigenvalue weighted by molar-refractivity contribution is 0.415. The highest BCUT2D eigenvalue weighted by molar-refractivity contribution is 7.99. The second-order valence-electron chi connectivity index (χ2n) is 4.40. The average Bonchev–Trinajstić information content (AvgIpc) is 2.84. The van der Waals surface area contributed by atoms with Crippen molar-refractivity contribution in [1.29, 1.82) is 0 Å². The fraction of sp³-hybridized carbons (Fsp3) is 0.200. The van der Waals surface area contributed by atoms with Gasteiger partial charge in [0.1, 0.15) is 5.75 Å². The van der Waals surface area contributed by atoms with Crippen LogP contribution in [0.4, 0.5) is 5.69 Å². The van der Waals surface area contributed by atoms with Gasteiger partial charge in [-0.3, -0.25) is 0 Å². The highest BCUT2D eigenvalue weighted by atomic mass is 35.5. The van der Waals surface area contributed by atoms with E-state index >= 15 is 0 Å². The minimum atomic E-state index is 0.340. The summed E-state index contributed by atoms with van der Waals surface area (Å²) in [5, 5.41) is 4.17. The summed E-state index contributed by atoms with van der Waals surface area (Å²) in [5.74, 6) is 1.75. The molecule has 4 heteroatoms. The quantitative estimate of drug-likeness (QED) is 0.892. The van der Waals surface area contributed by atoms with Crippen LogP contribution in [-0.4, -0.2) is 12.9 Å². The molecule has 1 aliphatic heterocycles. The van der Waals surface area contributed by atoms with Crippen LogP contribution in [-0.2, 0) is 0 Å². The molecule has 0 saturated heterocycles. The van der Waals surface area contributed by atoms with Crippen LogP contribution in [0.25, 0.3) is 0 Å². The normalized spacial score (nSPS) is 17.1. The molecule has 1 N–H and O–H groups in total. The molecule has 0 saturated carbocycles. The summed E-state index contributed by atoms with van der Waals surface area (Å²) in [6.07, 6.45) is 0. The molecule has 0 aliphatic carbocycles. The number of methoxy groups -OCH3 is 1. The number of benzene rings is 2. The molecule has 3 rings (SSSR count). The van der Waals surface area contributed by atoms with Crippen LogP contribution in [0.2, 0.25) is 5.02 Å². The highest BCUT2D eigenvalue weighted by Gasteiger charge is 2.22. The lowest BCUT2D eigenvalue weighted by atomic mass is 10.1. The van der Waals surface area contributed by atoms with Crippen LogP contribution in [0.3, 0.4) is 0 Å². The van der Waals surface area contributed by atoms with E-state index in [0.717, 1.165) is 11.4 Å². The summed E-state index contributed by atoms with van der Waals surface area (Å²) >= 11 is 7.93. The monoisotopic (exact) mass is 291 g/mol. The molecule has 19 heavy (non-hydrogen) atoms. The molecule has 2 aromatic carbocycles. The van der Waals surface area contributed by atoms with Crippen molar-refractivity contribution in [2.45, 2.75) is 10.9 Å². The van der Waals surface area contributed by atoms with Crippen molar-refractivity contribution in [1.82, 2.24) is 0 Å². The third kappa shape index (κ3) is 2.53. The number of thioether (sulfide) groups is 1. The van der Waals surface area contributed by atoms with Crippen LogP contribution in [0.15, 0.2) is 47.4 Å². The Morgan fingerprint density at radius 1 is 1.26 bits per heavy atom. The van der Waals surface area contributed by atoms with E-state index in [1.807, 2.05) is 30.0 Å². The maximum absolute atomic E-state index is 6.04. The topological polar surface area (TPSA) is 21.3 Å². The zero-order valence-electron chi connectivity index (χ0n) is 10.5. The summed E-state index contributed by atoms with van der Waals surface area (Å²) < 4.78 is 5.24. The first-order valence-electron chi connectivity index (χ1n) is 6.10. The number of rotatable bonds is 3. The Bertz CT molecular complexity index is 602. The first-order chi connectivity index (χ1) is 9.28. The number of ether oxygens (including phenoxy) is 1. The van der Waals surface area contributed by atoms with Gasteiger partial charge in [0.15, 0.2) is 0 Å². The molecule has 1 aliphatic rings. The van der Waals surface area contributed by atoms with Crippen molar-refractivity contribution in [3.63, 3.8) is 0 Å². The molecule has 0 spiro atoms. The molecule has 0 fully saturated rings. The van der Waals surface area contributed by atoms with Gasteiger partial charge in [-0.15, -0.1) is 11.8 Å². The average molecular weight is 292 g/mol. The van der Waals surface area contributed by atoms with E-state index < -0.39 is 0 Å². The van der Waals surface area contributed by atoms with Gasteiger partial charge in [-0.25, -0.2) is 0 Å². The smallest absolute Gasteiger partial charge is 0.139 e. The number of fused-ring (bicyclic) bond motifs is 1. The van der Waals surface area contributed by atoms with Gasteiger partial charge in [0.05, 0.1) is 18.2 Å². The molecule has 0 radical (unpaired) electrons. The zero-order valence-corrected chi connectivity index (χ0v) is 12.1. The number of anilines is 1. The van der Waals surface area contributed by atoms with Crippen LogP contribution < -0.4 is 10.1 Å². The Labute approximate surface area is 122 Å². The minimum Gasteiger partial charge on any atom is -0.495 e. The predicted octanol–water partition coefficient (Wildman–Crippen LogP) is 4.61. The number of halogens is 1. The SMILES string of the molecule is COc1cc(NC2CSc3ccccc32)ccc1Cl. The van der Waals surface area contributed by atoms with Gasteiger partial charge < -0.3 is 10.1 Å². The van der Waals surface area contributed by atoms with E-state index in [1.165, 1.54) is 10.5 Å². The van der Waals surface area contributed by atoms with Crippen molar-refractivity contribution in [3.8, 4) is 5.75 Å². The van der Waals surface area contributed by atoms with Gasteiger partial charge in [-0.2, -0.15) is 0 Å². The molecular weight excluding hydrogens is 278 g/mol. The van der Waals surface area contributed by atoms with Gasteiger partial charge in [0, 0.05) is 22.4 Å².